The molecule has 6 heteroatoms. The molecule has 17 heavy (non-hydrogen) atoms. The molecule has 0 atom stereocenters. The zero-order valence-corrected chi connectivity index (χ0v) is 10.1. The molecule has 0 fully saturated rings. The maximum absolute atomic E-state index is 11.7. The Hall–Kier alpha value is -1.53. The van der Waals surface area contributed by atoms with Gasteiger partial charge in [0.25, 0.3) is 5.91 Å². The topological polar surface area (TPSA) is 78.8 Å². The van der Waals surface area contributed by atoms with E-state index in [9.17, 15) is 4.79 Å². The van der Waals surface area contributed by atoms with Gasteiger partial charge in [0.05, 0.1) is 7.11 Å². The van der Waals surface area contributed by atoms with E-state index in [0.29, 0.717) is 5.56 Å². The van der Waals surface area contributed by atoms with Gasteiger partial charge in [0.1, 0.15) is 5.75 Å². The number of benzene rings is 1. The number of ether oxygens (including phenoxy) is 1. The summed E-state index contributed by atoms with van der Waals surface area (Å²) in [6.45, 7) is 3.72. The number of hydrogen-bond donors (Lipinski definition) is 3. The Bertz CT molecular complexity index is 406. The van der Waals surface area contributed by atoms with Crippen molar-refractivity contribution in [3.8, 4) is 5.75 Å². The third-order valence-electron chi connectivity index (χ3n) is 2.19. The van der Waals surface area contributed by atoms with E-state index >= 15 is 0 Å². The highest BCUT2D eigenvalue weighted by molar-refractivity contribution is 6.59. The monoisotopic (exact) mass is 237 g/mol. The third-order valence-corrected chi connectivity index (χ3v) is 2.19. The SMILES string of the molecule is COc1cc(C(=O)NC(C)C)ccc1B(O)O. The van der Waals surface area contributed by atoms with Crippen molar-refractivity contribution in [3.63, 3.8) is 0 Å². The second-order valence-electron chi connectivity index (χ2n) is 3.96. The van der Waals surface area contributed by atoms with Crippen LogP contribution >= 0.6 is 0 Å². The van der Waals surface area contributed by atoms with Gasteiger partial charge in [0.2, 0.25) is 0 Å². The molecule has 0 bridgehead atoms. The molecule has 1 aromatic rings. The molecule has 0 heterocycles. The van der Waals surface area contributed by atoms with Crippen LogP contribution in [0.2, 0.25) is 0 Å². The molecule has 0 saturated carbocycles. The Labute approximate surface area is 101 Å². The van der Waals surface area contributed by atoms with E-state index in [4.69, 9.17) is 14.8 Å². The van der Waals surface area contributed by atoms with Crippen LogP contribution in [0.25, 0.3) is 0 Å². The van der Waals surface area contributed by atoms with Crippen molar-refractivity contribution >= 4 is 18.5 Å². The molecule has 0 aromatic heterocycles. The van der Waals surface area contributed by atoms with E-state index in [0.717, 1.165) is 0 Å². The van der Waals surface area contributed by atoms with Gasteiger partial charge in [-0.15, -0.1) is 0 Å². The molecule has 0 saturated heterocycles. The number of carbonyl (C=O) groups excluding carboxylic acids is 1. The van der Waals surface area contributed by atoms with Crippen LogP contribution in [-0.4, -0.2) is 36.2 Å². The summed E-state index contributed by atoms with van der Waals surface area (Å²) in [5.41, 5.74) is 0.647. The number of nitrogens with one attached hydrogen (secondary N) is 1. The molecule has 0 radical (unpaired) electrons. The fourth-order valence-electron chi connectivity index (χ4n) is 1.41. The van der Waals surface area contributed by atoms with Gasteiger partial charge in [-0.25, -0.2) is 0 Å². The zero-order valence-electron chi connectivity index (χ0n) is 10.1. The molecule has 0 spiro atoms. The molecule has 1 aromatic carbocycles. The van der Waals surface area contributed by atoms with Gasteiger partial charge in [0, 0.05) is 17.1 Å². The third kappa shape index (κ3) is 3.47. The predicted octanol–water partition coefficient (Wildman–Crippen LogP) is -0.487. The van der Waals surface area contributed by atoms with Crippen LogP contribution in [0, 0.1) is 0 Å². The second kappa shape index (κ2) is 5.70. The van der Waals surface area contributed by atoms with Gasteiger partial charge in [-0.2, -0.15) is 0 Å². The minimum atomic E-state index is -1.62. The van der Waals surface area contributed by atoms with Crippen LogP contribution in [0.5, 0.6) is 5.75 Å². The van der Waals surface area contributed by atoms with E-state index in [2.05, 4.69) is 5.32 Å². The first-order valence-electron chi connectivity index (χ1n) is 5.30. The quantitative estimate of drug-likeness (QED) is 0.617. The van der Waals surface area contributed by atoms with E-state index < -0.39 is 7.12 Å². The maximum Gasteiger partial charge on any atom is 0.492 e. The molecular weight excluding hydrogens is 221 g/mol. The molecular formula is C11H16BNO4. The van der Waals surface area contributed by atoms with Crippen LogP contribution in [0.15, 0.2) is 18.2 Å². The van der Waals surface area contributed by atoms with Gasteiger partial charge in [0.15, 0.2) is 0 Å². The van der Waals surface area contributed by atoms with Crippen LogP contribution < -0.4 is 15.5 Å². The van der Waals surface area contributed by atoms with Crippen molar-refractivity contribution in [3.05, 3.63) is 23.8 Å². The smallest absolute Gasteiger partial charge is 0.492 e. The lowest BCUT2D eigenvalue weighted by Gasteiger charge is -2.11. The fourth-order valence-corrected chi connectivity index (χ4v) is 1.41. The van der Waals surface area contributed by atoms with Crippen molar-refractivity contribution in [2.24, 2.45) is 0 Å². The molecule has 0 aliphatic carbocycles. The molecule has 0 aliphatic rings. The van der Waals surface area contributed by atoms with Crippen LogP contribution in [-0.2, 0) is 0 Å². The van der Waals surface area contributed by atoms with Gasteiger partial charge < -0.3 is 20.1 Å². The molecule has 5 nitrogen and oxygen atoms in total. The summed E-state index contributed by atoms with van der Waals surface area (Å²) < 4.78 is 5.00. The highest BCUT2D eigenvalue weighted by atomic mass is 16.5. The van der Waals surface area contributed by atoms with Crippen molar-refractivity contribution < 1.29 is 19.6 Å². The van der Waals surface area contributed by atoms with E-state index in [1.54, 1.807) is 0 Å². The lowest BCUT2D eigenvalue weighted by atomic mass is 9.79. The summed E-state index contributed by atoms with van der Waals surface area (Å²) in [7, 11) is -0.210. The lowest BCUT2D eigenvalue weighted by Crippen LogP contribution is -2.33. The molecule has 0 unspecified atom stereocenters. The second-order valence-corrected chi connectivity index (χ2v) is 3.96. The standard InChI is InChI=1S/C11H16BNO4/c1-7(2)13-11(14)8-4-5-9(12(15)16)10(6-8)17-3/h4-7,15-16H,1-3H3,(H,13,14). The van der Waals surface area contributed by atoms with Crippen LogP contribution in [0.3, 0.4) is 0 Å². The van der Waals surface area contributed by atoms with Gasteiger partial charge in [-0.3, -0.25) is 4.79 Å². The number of methoxy groups -OCH3 is 1. The number of rotatable bonds is 4. The Morgan fingerprint density at radius 2 is 2.06 bits per heavy atom. The Balaban J connectivity index is 3.01. The van der Waals surface area contributed by atoms with E-state index in [1.165, 1.54) is 25.3 Å². The summed E-state index contributed by atoms with van der Waals surface area (Å²) in [5, 5.41) is 20.9. The van der Waals surface area contributed by atoms with Crippen LogP contribution in [0.1, 0.15) is 24.2 Å². The molecule has 92 valence electrons. The summed E-state index contributed by atoms with van der Waals surface area (Å²) in [5.74, 6) is 0.0497. The van der Waals surface area contributed by atoms with Crippen molar-refractivity contribution in [2.75, 3.05) is 7.11 Å². The first kappa shape index (κ1) is 13.5. The minimum Gasteiger partial charge on any atom is -0.497 e. The Morgan fingerprint density at radius 1 is 1.41 bits per heavy atom. The van der Waals surface area contributed by atoms with Crippen molar-refractivity contribution in [1.29, 1.82) is 0 Å². The van der Waals surface area contributed by atoms with Crippen LogP contribution in [0.4, 0.5) is 0 Å². The summed E-state index contributed by atoms with van der Waals surface area (Å²) in [6.07, 6.45) is 0. The number of amides is 1. The maximum atomic E-state index is 11.7. The predicted molar refractivity (Wildman–Crippen MR) is 65.4 cm³/mol. The molecule has 1 amide bonds. The van der Waals surface area contributed by atoms with Crippen molar-refractivity contribution in [2.45, 2.75) is 19.9 Å². The largest absolute Gasteiger partial charge is 0.497 e. The Kier molecular flexibility index (Phi) is 4.54. The average molecular weight is 237 g/mol. The van der Waals surface area contributed by atoms with Gasteiger partial charge in [-0.05, 0) is 26.0 Å². The lowest BCUT2D eigenvalue weighted by molar-refractivity contribution is 0.0942. The number of hydrogen-bond acceptors (Lipinski definition) is 4. The van der Waals surface area contributed by atoms with E-state index in [-0.39, 0.29) is 23.2 Å². The summed E-state index contributed by atoms with van der Waals surface area (Å²) in [6, 6.07) is 4.50. The highest BCUT2D eigenvalue weighted by Crippen LogP contribution is 2.11. The van der Waals surface area contributed by atoms with E-state index in [1.807, 2.05) is 13.8 Å². The van der Waals surface area contributed by atoms with Gasteiger partial charge >= 0.3 is 7.12 Å². The Morgan fingerprint density at radius 3 is 2.53 bits per heavy atom. The average Bonchev–Trinajstić information content (AvgIpc) is 2.27. The summed E-state index contributed by atoms with van der Waals surface area (Å²) >= 11 is 0. The van der Waals surface area contributed by atoms with Crippen molar-refractivity contribution in [1.82, 2.24) is 5.32 Å². The van der Waals surface area contributed by atoms with Gasteiger partial charge in [-0.1, -0.05) is 6.07 Å². The summed E-state index contributed by atoms with van der Waals surface area (Å²) in [4.78, 5) is 11.7. The number of carbonyl (C=O) groups is 1. The fraction of sp³-hybridized carbons (Fsp3) is 0.364. The normalized spacial score (nSPS) is 10.2. The molecule has 1 rings (SSSR count). The molecule has 3 N–H and O–H groups in total. The minimum absolute atomic E-state index is 0.0385. The first-order valence-corrected chi connectivity index (χ1v) is 5.30. The molecule has 0 aliphatic heterocycles. The zero-order chi connectivity index (χ0) is 13.0. The first-order chi connectivity index (χ1) is 7.95. The highest BCUT2D eigenvalue weighted by Gasteiger charge is 2.18.